The third-order valence-corrected chi connectivity index (χ3v) is 8.83. The van der Waals surface area contributed by atoms with Crippen molar-refractivity contribution in [3.05, 3.63) is 120 Å². The topological polar surface area (TPSA) is 47.6 Å². The van der Waals surface area contributed by atoms with E-state index in [1.807, 2.05) is 0 Å². The second kappa shape index (κ2) is 7.45. The Morgan fingerprint density at radius 2 is 0.850 bits per heavy atom. The van der Waals surface area contributed by atoms with Crippen LogP contribution in [0.1, 0.15) is 11.1 Å². The molecular formula is C38H18N2. The van der Waals surface area contributed by atoms with Crippen LogP contribution in [0.2, 0.25) is 0 Å². The minimum atomic E-state index is 0.603. The summed E-state index contributed by atoms with van der Waals surface area (Å²) in [6, 6.07) is 43.2. The molecule has 0 atom stereocenters. The molecule has 0 amide bonds. The predicted octanol–water partition coefficient (Wildman–Crippen LogP) is 9.85. The second-order valence-electron chi connectivity index (χ2n) is 10.6. The van der Waals surface area contributed by atoms with Crippen LogP contribution in [-0.2, 0) is 0 Å². The normalized spacial score (nSPS) is 11.9. The van der Waals surface area contributed by atoms with Crippen LogP contribution in [0.4, 0.5) is 0 Å². The average Bonchev–Trinajstić information content (AvgIpc) is 3.54. The van der Waals surface area contributed by atoms with Gasteiger partial charge in [0.2, 0.25) is 0 Å². The SMILES string of the molecule is N#Cc1ccc(C#N)c2c1-c1cccc3c(-c4ccc5c6c(cccc46)-c4ccccc4-5)c4ccccc4c-2c13. The summed E-state index contributed by atoms with van der Waals surface area (Å²) in [5, 5.41) is 27.2. The molecule has 0 heterocycles. The van der Waals surface area contributed by atoms with Gasteiger partial charge < -0.3 is 0 Å². The van der Waals surface area contributed by atoms with Crippen LogP contribution in [-0.4, -0.2) is 0 Å². The molecule has 0 aromatic heterocycles. The summed E-state index contributed by atoms with van der Waals surface area (Å²) >= 11 is 0. The minimum Gasteiger partial charge on any atom is -0.192 e. The molecular weight excluding hydrogens is 484 g/mol. The fraction of sp³-hybridized carbons (Fsp3) is 0. The maximum Gasteiger partial charge on any atom is 0.0998 e. The van der Waals surface area contributed by atoms with Crippen molar-refractivity contribution in [1.29, 1.82) is 10.5 Å². The Balaban J connectivity index is 1.49. The van der Waals surface area contributed by atoms with Gasteiger partial charge in [-0.2, -0.15) is 10.5 Å². The Hall–Kier alpha value is -5.70. The second-order valence-corrected chi connectivity index (χ2v) is 10.6. The summed E-state index contributed by atoms with van der Waals surface area (Å²) in [6.45, 7) is 0. The van der Waals surface area contributed by atoms with Crippen molar-refractivity contribution in [2.24, 2.45) is 0 Å². The molecule has 0 aliphatic heterocycles. The Kier molecular flexibility index (Phi) is 3.96. The maximum absolute atomic E-state index is 10.1. The molecule has 7 aromatic rings. The lowest BCUT2D eigenvalue weighted by atomic mass is 9.85. The van der Waals surface area contributed by atoms with E-state index in [1.165, 1.54) is 44.2 Å². The highest BCUT2D eigenvalue weighted by molar-refractivity contribution is 6.32. The molecule has 9 rings (SSSR count). The third-order valence-electron chi connectivity index (χ3n) is 8.83. The van der Waals surface area contributed by atoms with Crippen molar-refractivity contribution in [1.82, 2.24) is 0 Å². The number of hydrogen-bond acceptors (Lipinski definition) is 2. The van der Waals surface area contributed by atoms with Crippen LogP contribution < -0.4 is 0 Å². The van der Waals surface area contributed by atoms with E-state index in [1.54, 1.807) is 12.1 Å². The highest BCUT2D eigenvalue weighted by atomic mass is 14.4. The molecule has 0 N–H and O–H groups in total. The van der Waals surface area contributed by atoms with Gasteiger partial charge in [-0.25, -0.2) is 0 Å². The van der Waals surface area contributed by atoms with E-state index >= 15 is 0 Å². The molecule has 2 heteroatoms. The lowest BCUT2D eigenvalue weighted by Crippen LogP contribution is -1.91. The Morgan fingerprint density at radius 3 is 1.57 bits per heavy atom. The number of nitriles is 2. The van der Waals surface area contributed by atoms with Gasteiger partial charge >= 0.3 is 0 Å². The monoisotopic (exact) mass is 502 g/mol. The number of benzene rings is 7. The van der Waals surface area contributed by atoms with Gasteiger partial charge in [0.1, 0.15) is 0 Å². The van der Waals surface area contributed by atoms with E-state index in [9.17, 15) is 10.5 Å². The molecule has 0 unspecified atom stereocenters. The molecule has 0 spiro atoms. The molecule has 0 radical (unpaired) electrons. The maximum atomic E-state index is 10.1. The van der Waals surface area contributed by atoms with Crippen LogP contribution in [0.25, 0.3) is 88.0 Å². The van der Waals surface area contributed by atoms with Gasteiger partial charge in [-0.05, 0) is 89.0 Å². The van der Waals surface area contributed by atoms with Crippen LogP contribution in [0.5, 0.6) is 0 Å². The average molecular weight is 503 g/mol. The summed E-state index contributed by atoms with van der Waals surface area (Å²) in [4.78, 5) is 0. The smallest absolute Gasteiger partial charge is 0.0998 e. The zero-order chi connectivity index (χ0) is 26.5. The summed E-state index contributed by atoms with van der Waals surface area (Å²) in [5.41, 5.74) is 12.6. The number of nitrogens with zero attached hydrogens (tertiary/aromatic N) is 2. The van der Waals surface area contributed by atoms with Gasteiger partial charge in [0.05, 0.1) is 23.3 Å². The lowest BCUT2D eigenvalue weighted by Gasteiger charge is -2.17. The summed E-state index contributed by atoms with van der Waals surface area (Å²) in [7, 11) is 0. The molecule has 0 bridgehead atoms. The molecule has 7 aromatic carbocycles. The fourth-order valence-electron chi connectivity index (χ4n) is 7.34. The summed E-state index contributed by atoms with van der Waals surface area (Å²) in [6.07, 6.45) is 0. The molecule has 2 aliphatic rings. The summed E-state index contributed by atoms with van der Waals surface area (Å²) < 4.78 is 0. The van der Waals surface area contributed by atoms with E-state index in [2.05, 4.69) is 109 Å². The predicted molar refractivity (Wildman–Crippen MR) is 163 cm³/mol. The molecule has 180 valence electrons. The first-order valence-corrected chi connectivity index (χ1v) is 13.4. The van der Waals surface area contributed by atoms with Crippen molar-refractivity contribution in [2.75, 3.05) is 0 Å². The van der Waals surface area contributed by atoms with Crippen LogP contribution >= 0.6 is 0 Å². The number of rotatable bonds is 1. The van der Waals surface area contributed by atoms with E-state index in [-0.39, 0.29) is 0 Å². The zero-order valence-corrected chi connectivity index (χ0v) is 21.3. The minimum absolute atomic E-state index is 0.603. The quantitative estimate of drug-likeness (QED) is 0.210. The van der Waals surface area contributed by atoms with Crippen molar-refractivity contribution < 1.29 is 0 Å². The first kappa shape index (κ1) is 21.3. The molecule has 0 fully saturated rings. The van der Waals surface area contributed by atoms with E-state index in [0.717, 1.165) is 43.8 Å². The van der Waals surface area contributed by atoms with E-state index < -0.39 is 0 Å². The first-order chi connectivity index (χ1) is 19.8. The van der Waals surface area contributed by atoms with Crippen LogP contribution in [0.15, 0.2) is 109 Å². The number of hydrogen-bond donors (Lipinski definition) is 0. The van der Waals surface area contributed by atoms with Crippen molar-refractivity contribution in [2.45, 2.75) is 0 Å². The third kappa shape index (κ3) is 2.42. The van der Waals surface area contributed by atoms with Crippen molar-refractivity contribution in [3.8, 4) is 67.8 Å². The Labute approximate surface area is 230 Å². The fourth-order valence-corrected chi connectivity index (χ4v) is 7.34. The van der Waals surface area contributed by atoms with Gasteiger partial charge in [0.15, 0.2) is 0 Å². The molecule has 0 saturated carbocycles. The molecule has 0 saturated heterocycles. The highest BCUT2D eigenvalue weighted by Gasteiger charge is 2.31. The molecule has 40 heavy (non-hydrogen) atoms. The van der Waals surface area contributed by atoms with Crippen LogP contribution in [0, 0.1) is 22.7 Å². The van der Waals surface area contributed by atoms with Gasteiger partial charge in [0, 0.05) is 11.1 Å². The summed E-state index contributed by atoms with van der Waals surface area (Å²) in [5.74, 6) is 0. The highest BCUT2D eigenvalue weighted by Crippen LogP contribution is 2.57. The van der Waals surface area contributed by atoms with Gasteiger partial charge in [0.25, 0.3) is 0 Å². The van der Waals surface area contributed by atoms with Gasteiger partial charge in [-0.15, -0.1) is 0 Å². The van der Waals surface area contributed by atoms with E-state index in [4.69, 9.17) is 0 Å². The molecule has 2 aliphatic carbocycles. The van der Waals surface area contributed by atoms with Crippen molar-refractivity contribution >= 4 is 32.3 Å². The largest absolute Gasteiger partial charge is 0.192 e. The zero-order valence-electron chi connectivity index (χ0n) is 21.3. The van der Waals surface area contributed by atoms with Crippen LogP contribution in [0.3, 0.4) is 0 Å². The number of fused-ring (bicyclic) bond motifs is 8. The van der Waals surface area contributed by atoms with Gasteiger partial charge in [-0.3, -0.25) is 0 Å². The first-order valence-electron chi connectivity index (χ1n) is 13.4. The Morgan fingerprint density at radius 1 is 0.325 bits per heavy atom. The molecule has 2 nitrogen and oxygen atoms in total. The van der Waals surface area contributed by atoms with Crippen molar-refractivity contribution in [3.63, 3.8) is 0 Å². The Bertz CT molecular complexity index is 2370. The van der Waals surface area contributed by atoms with E-state index in [0.29, 0.717) is 11.1 Å². The van der Waals surface area contributed by atoms with Gasteiger partial charge in [-0.1, -0.05) is 97.1 Å². The lowest BCUT2D eigenvalue weighted by molar-refractivity contribution is 1.46. The standard InChI is InChI=1S/C38H18N2/c39-19-21-15-16-22(20-40)34-33(21)31-13-6-14-32-36(26-9-3-4-10-28(26)38(34)37(31)32)30-18-17-29-24-8-2-1-7-23(24)25-11-5-12-27(30)35(25)29/h1-18H.